The Morgan fingerprint density at radius 2 is 2.00 bits per heavy atom. The standard InChI is InChI=1S/C8H16F2N2/c1-3-12(4-2)7-5-11-6-8(7,9)10/h7,11H,3-6H2,1-2H3. The predicted octanol–water partition coefficient (Wildman–Crippen LogP) is 0.935. The quantitative estimate of drug-likeness (QED) is 0.691. The molecule has 1 N–H and O–H groups in total. The van der Waals surface area contributed by atoms with E-state index in [0.29, 0.717) is 19.6 Å². The van der Waals surface area contributed by atoms with Crippen molar-refractivity contribution < 1.29 is 8.78 Å². The molecule has 12 heavy (non-hydrogen) atoms. The molecule has 1 saturated heterocycles. The van der Waals surface area contributed by atoms with E-state index in [1.807, 2.05) is 13.8 Å². The van der Waals surface area contributed by atoms with Crippen LogP contribution in [0, 0.1) is 0 Å². The normalized spacial score (nSPS) is 28.2. The number of nitrogens with zero attached hydrogens (tertiary/aromatic N) is 1. The molecule has 0 aromatic carbocycles. The van der Waals surface area contributed by atoms with E-state index < -0.39 is 12.0 Å². The van der Waals surface area contributed by atoms with Gasteiger partial charge in [0, 0.05) is 6.54 Å². The van der Waals surface area contributed by atoms with Crippen LogP contribution in [0.25, 0.3) is 0 Å². The zero-order valence-electron chi connectivity index (χ0n) is 7.61. The minimum absolute atomic E-state index is 0.172. The highest BCUT2D eigenvalue weighted by atomic mass is 19.3. The first-order chi connectivity index (χ1) is 5.61. The van der Waals surface area contributed by atoms with E-state index in [-0.39, 0.29) is 6.54 Å². The first kappa shape index (κ1) is 9.86. The van der Waals surface area contributed by atoms with Gasteiger partial charge in [0.2, 0.25) is 0 Å². The third-order valence-corrected chi connectivity index (χ3v) is 2.44. The Labute approximate surface area is 71.9 Å². The second kappa shape index (κ2) is 3.66. The third kappa shape index (κ3) is 1.75. The maximum absolute atomic E-state index is 13.1. The Bertz CT molecular complexity index is 146. The van der Waals surface area contributed by atoms with E-state index in [4.69, 9.17) is 0 Å². The highest BCUT2D eigenvalue weighted by molar-refractivity contribution is 4.94. The first-order valence-corrected chi connectivity index (χ1v) is 4.44. The molecule has 0 aliphatic carbocycles. The van der Waals surface area contributed by atoms with Gasteiger partial charge >= 0.3 is 0 Å². The smallest absolute Gasteiger partial charge is 0.276 e. The van der Waals surface area contributed by atoms with Crippen LogP contribution in [-0.4, -0.2) is 43.0 Å². The lowest BCUT2D eigenvalue weighted by Gasteiger charge is -2.29. The van der Waals surface area contributed by atoms with E-state index in [2.05, 4.69) is 5.32 Å². The molecular weight excluding hydrogens is 162 g/mol. The van der Waals surface area contributed by atoms with Gasteiger partial charge in [0.05, 0.1) is 12.6 Å². The van der Waals surface area contributed by atoms with Crippen LogP contribution in [-0.2, 0) is 0 Å². The van der Waals surface area contributed by atoms with Crippen molar-refractivity contribution in [3.05, 3.63) is 0 Å². The van der Waals surface area contributed by atoms with E-state index in [0.717, 1.165) is 0 Å². The van der Waals surface area contributed by atoms with E-state index in [1.54, 1.807) is 4.90 Å². The molecule has 0 spiro atoms. The number of likely N-dealkylation sites (N-methyl/N-ethyl adjacent to an activating group) is 1. The predicted molar refractivity (Wildman–Crippen MR) is 44.5 cm³/mol. The number of hydrogen-bond acceptors (Lipinski definition) is 2. The van der Waals surface area contributed by atoms with Crippen molar-refractivity contribution in [2.75, 3.05) is 26.2 Å². The zero-order chi connectivity index (χ0) is 9.19. The average molecular weight is 178 g/mol. The van der Waals surface area contributed by atoms with Crippen LogP contribution < -0.4 is 5.32 Å². The summed E-state index contributed by atoms with van der Waals surface area (Å²) in [4.78, 5) is 1.81. The summed E-state index contributed by atoms with van der Waals surface area (Å²) in [6.45, 7) is 5.45. The summed E-state index contributed by atoms with van der Waals surface area (Å²) in [5, 5.41) is 2.72. The molecular formula is C8H16F2N2. The molecule has 2 nitrogen and oxygen atoms in total. The highest BCUT2D eigenvalue weighted by Crippen LogP contribution is 2.26. The van der Waals surface area contributed by atoms with Crippen molar-refractivity contribution in [1.29, 1.82) is 0 Å². The Morgan fingerprint density at radius 1 is 1.42 bits per heavy atom. The summed E-state index contributed by atoms with van der Waals surface area (Å²) in [5.74, 6) is -2.55. The molecule has 0 saturated carbocycles. The average Bonchev–Trinajstić information content (AvgIpc) is 2.34. The van der Waals surface area contributed by atoms with Crippen molar-refractivity contribution in [2.24, 2.45) is 0 Å². The molecule has 1 fully saturated rings. The number of halogens is 2. The van der Waals surface area contributed by atoms with Crippen LogP contribution in [0.15, 0.2) is 0 Å². The Kier molecular flexibility index (Phi) is 3.01. The molecule has 1 heterocycles. The number of rotatable bonds is 3. The maximum atomic E-state index is 13.1. The van der Waals surface area contributed by atoms with Crippen molar-refractivity contribution in [3.8, 4) is 0 Å². The summed E-state index contributed by atoms with van der Waals surface area (Å²) >= 11 is 0. The van der Waals surface area contributed by atoms with Gasteiger partial charge in [-0.1, -0.05) is 13.8 Å². The number of nitrogens with one attached hydrogen (secondary N) is 1. The maximum Gasteiger partial charge on any atom is 0.276 e. The molecule has 1 rings (SSSR count). The van der Waals surface area contributed by atoms with E-state index in [1.165, 1.54) is 0 Å². The van der Waals surface area contributed by atoms with Gasteiger partial charge in [-0.3, -0.25) is 4.90 Å². The van der Waals surface area contributed by atoms with E-state index in [9.17, 15) is 8.78 Å². The van der Waals surface area contributed by atoms with Gasteiger partial charge in [0.25, 0.3) is 5.92 Å². The SMILES string of the molecule is CCN(CC)C1CNCC1(F)F. The summed E-state index contributed by atoms with van der Waals surface area (Å²) in [6.07, 6.45) is 0. The largest absolute Gasteiger partial charge is 0.309 e. The van der Waals surface area contributed by atoms with Crippen LogP contribution in [0.2, 0.25) is 0 Å². The summed E-state index contributed by atoms with van der Waals surface area (Å²) < 4.78 is 26.3. The minimum Gasteiger partial charge on any atom is -0.309 e. The minimum atomic E-state index is -2.55. The molecule has 0 bridgehead atoms. The lowest BCUT2D eigenvalue weighted by atomic mass is 10.1. The van der Waals surface area contributed by atoms with E-state index >= 15 is 0 Å². The van der Waals surface area contributed by atoms with Gasteiger partial charge in [0.1, 0.15) is 0 Å². The molecule has 72 valence electrons. The molecule has 0 amide bonds. The van der Waals surface area contributed by atoms with Gasteiger partial charge in [-0.05, 0) is 13.1 Å². The van der Waals surface area contributed by atoms with Crippen molar-refractivity contribution in [2.45, 2.75) is 25.8 Å². The second-order valence-electron chi connectivity index (χ2n) is 3.13. The topological polar surface area (TPSA) is 15.3 Å². The van der Waals surface area contributed by atoms with Crippen molar-refractivity contribution in [3.63, 3.8) is 0 Å². The molecule has 0 aromatic heterocycles. The van der Waals surface area contributed by atoms with Crippen molar-refractivity contribution in [1.82, 2.24) is 10.2 Å². The zero-order valence-corrected chi connectivity index (χ0v) is 7.61. The fourth-order valence-corrected chi connectivity index (χ4v) is 1.70. The Morgan fingerprint density at radius 3 is 2.33 bits per heavy atom. The van der Waals surface area contributed by atoms with Crippen LogP contribution in [0.3, 0.4) is 0 Å². The van der Waals surface area contributed by atoms with Crippen LogP contribution in [0.5, 0.6) is 0 Å². The van der Waals surface area contributed by atoms with Gasteiger partial charge in [-0.25, -0.2) is 8.78 Å². The summed E-state index contributed by atoms with van der Waals surface area (Å²) in [7, 11) is 0. The molecule has 1 aliphatic heterocycles. The highest BCUT2D eigenvalue weighted by Gasteiger charge is 2.46. The molecule has 1 aliphatic rings. The number of hydrogen-bond donors (Lipinski definition) is 1. The Balaban J connectivity index is 2.60. The lowest BCUT2D eigenvalue weighted by molar-refractivity contribution is -0.0453. The molecule has 0 aromatic rings. The van der Waals surface area contributed by atoms with Crippen molar-refractivity contribution >= 4 is 0 Å². The summed E-state index contributed by atoms with van der Waals surface area (Å²) in [6, 6.07) is -0.604. The lowest BCUT2D eigenvalue weighted by Crippen LogP contribution is -2.46. The Hall–Kier alpha value is -0.220. The molecule has 0 radical (unpaired) electrons. The second-order valence-corrected chi connectivity index (χ2v) is 3.13. The first-order valence-electron chi connectivity index (χ1n) is 4.44. The van der Waals surface area contributed by atoms with Gasteiger partial charge in [0.15, 0.2) is 0 Å². The molecule has 4 heteroatoms. The molecule has 1 atom stereocenters. The fourth-order valence-electron chi connectivity index (χ4n) is 1.70. The fraction of sp³-hybridized carbons (Fsp3) is 1.00. The third-order valence-electron chi connectivity index (χ3n) is 2.44. The van der Waals surface area contributed by atoms with Crippen LogP contribution >= 0.6 is 0 Å². The number of alkyl halides is 2. The monoisotopic (exact) mass is 178 g/mol. The summed E-state index contributed by atoms with van der Waals surface area (Å²) in [5.41, 5.74) is 0. The van der Waals surface area contributed by atoms with Gasteiger partial charge in [-0.15, -0.1) is 0 Å². The van der Waals surface area contributed by atoms with Crippen LogP contribution in [0.1, 0.15) is 13.8 Å². The van der Waals surface area contributed by atoms with Gasteiger partial charge < -0.3 is 5.32 Å². The van der Waals surface area contributed by atoms with Crippen LogP contribution in [0.4, 0.5) is 8.78 Å². The molecule has 1 unspecified atom stereocenters. The van der Waals surface area contributed by atoms with Gasteiger partial charge in [-0.2, -0.15) is 0 Å².